The highest BCUT2D eigenvalue weighted by Crippen LogP contribution is 2.23. The lowest BCUT2D eigenvalue weighted by Gasteiger charge is -2.34. The average molecular weight is 274 g/mol. The van der Waals surface area contributed by atoms with E-state index in [-0.39, 0.29) is 0 Å². The smallest absolute Gasteiger partial charge is 0.0931 e. The molecule has 1 fully saturated rings. The highest BCUT2D eigenvalue weighted by atomic mass is 35.5. The molecule has 0 unspecified atom stereocenters. The lowest BCUT2D eigenvalue weighted by Crippen LogP contribution is -2.46. The van der Waals surface area contributed by atoms with Gasteiger partial charge >= 0.3 is 0 Å². The standard InChI is InChI=1S/C12H20ClN3S/c13-12-3-2-11(17-12)10-16-8-6-15(7-9-16)5-1-4-14/h2-3H,1,4-10,14H2. The molecule has 0 bridgehead atoms. The SMILES string of the molecule is NCCCN1CCN(Cc2ccc(Cl)s2)CC1. The van der Waals surface area contributed by atoms with Crippen LogP contribution in [0.2, 0.25) is 4.34 Å². The summed E-state index contributed by atoms with van der Waals surface area (Å²) < 4.78 is 0.890. The first-order chi connectivity index (χ1) is 8.28. The van der Waals surface area contributed by atoms with Crippen LogP contribution in [-0.2, 0) is 6.54 Å². The molecule has 0 aromatic carbocycles. The molecule has 2 N–H and O–H groups in total. The average Bonchev–Trinajstić information content (AvgIpc) is 2.74. The summed E-state index contributed by atoms with van der Waals surface area (Å²) in [6, 6.07) is 4.12. The van der Waals surface area contributed by atoms with Crippen LogP contribution in [0.3, 0.4) is 0 Å². The van der Waals surface area contributed by atoms with Crippen LogP contribution in [0.15, 0.2) is 12.1 Å². The largest absolute Gasteiger partial charge is 0.330 e. The molecule has 2 rings (SSSR count). The molecule has 0 spiro atoms. The van der Waals surface area contributed by atoms with Gasteiger partial charge in [0, 0.05) is 37.6 Å². The molecule has 1 aromatic heterocycles. The van der Waals surface area contributed by atoms with Crippen molar-refractivity contribution in [1.82, 2.24) is 9.80 Å². The van der Waals surface area contributed by atoms with E-state index in [0.29, 0.717) is 0 Å². The van der Waals surface area contributed by atoms with Crippen molar-refractivity contribution in [2.45, 2.75) is 13.0 Å². The van der Waals surface area contributed by atoms with Crippen molar-refractivity contribution in [3.05, 3.63) is 21.3 Å². The summed E-state index contributed by atoms with van der Waals surface area (Å²) in [6.45, 7) is 7.63. The molecule has 96 valence electrons. The molecule has 1 saturated heterocycles. The maximum Gasteiger partial charge on any atom is 0.0931 e. The van der Waals surface area contributed by atoms with Gasteiger partial charge in [-0.3, -0.25) is 4.90 Å². The summed E-state index contributed by atoms with van der Waals surface area (Å²) in [6.07, 6.45) is 1.11. The molecular weight excluding hydrogens is 254 g/mol. The zero-order valence-electron chi connectivity index (χ0n) is 10.1. The van der Waals surface area contributed by atoms with Gasteiger partial charge in [-0.2, -0.15) is 0 Å². The van der Waals surface area contributed by atoms with Gasteiger partial charge < -0.3 is 10.6 Å². The van der Waals surface area contributed by atoms with E-state index in [0.717, 1.165) is 43.5 Å². The van der Waals surface area contributed by atoms with Gasteiger partial charge in [0.2, 0.25) is 0 Å². The van der Waals surface area contributed by atoms with Crippen molar-refractivity contribution < 1.29 is 0 Å². The molecule has 0 aliphatic carbocycles. The monoisotopic (exact) mass is 273 g/mol. The van der Waals surface area contributed by atoms with Crippen molar-refractivity contribution in [3.8, 4) is 0 Å². The second-order valence-corrected chi connectivity index (χ2v) is 6.27. The van der Waals surface area contributed by atoms with Crippen LogP contribution in [0, 0.1) is 0 Å². The molecule has 0 saturated carbocycles. The number of piperazine rings is 1. The van der Waals surface area contributed by atoms with Gasteiger partial charge in [0.15, 0.2) is 0 Å². The summed E-state index contributed by atoms with van der Waals surface area (Å²) >= 11 is 7.63. The third kappa shape index (κ3) is 4.23. The second kappa shape index (κ2) is 6.71. The maximum atomic E-state index is 5.94. The minimum absolute atomic E-state index is 0.800. The van der Waals surface area contributed by atoms with Crippen LogP contribution in [0.5, 0.6) is 0 Å². The van der Waals surface area contributed by atoms with Crippen LogP contribution in [-0.4, -0.2) is 49.1 Å². The van der Waals surface area contributed by atoms with Crippen molar-refractivity contribution in [2.24, 2.45) is 5.73 Å². The molecule has 17 heavy (non-hydrogen) atoms. The van der Waals surface area contributed by atoms with Gasteiger partial charge in [-0.1, -0.05) is 11.6 Å². The van der Waals surface area contributed by atoms with Gasteiger partial charge in [-0.15, -0.1) is 11.3 Å². The number of hydrogen-bond donors (Lipinski definition) is 1. The van der Waals surface area contributed by atoms with Crippen LogP contribution in [0.4, 0.5) is 0 Å². The van der Waals surface area contributed by atoms with Crippen LogP contribution < -0.4 is 5.73 Å². The lowest BCUT2D eigenvalue weighted by molar-refractivity contribution is 0.127. The van der Waals surface area contributed by atoms with E-state index < -0.39 is 0 Å². The van der Waals surface area contributed by atoms with Gasteiger partial charge in [0.1, 0.15) is 0 Å². The number of halogens is 1. The van der Waals surface area contributed by atoms with Gasteiger partial charge in [0.05, 0.1) is 4.34 Å². The first-order valence-electron chi connectivity index (χ1n) is 6.17. The highest BCUT2D eigenvalue weighted by Gasteiger charge is 2.16. The molecular formula is C12H20ClN3S. The summed E-state index contributed by atoms with van der Waals surface area (Å²) in [5, 5.41) is 0. The van der Waals surface area contributed by atoms with E-state index in [1.165, 1.54) is 18.0 Å². The van der Waals surface area contributed by atoms with Gasteiger partial charge in [-0.25, -0.2) is 0 Å². The fourth-order valence-corrected chi connectivity index (χ4v) is 3.27. The fraction of sp³-hybridized carbons (Fsp3) is 0.667. The molecule has 0 atom stereocenters. The van der Waals surface area contributed by atoms with Crippen molar-refractivity contribution >= 4 is 22.9 Å². The number of hydrogen-bond acceptors (Lipinski definition) is 4. The summed E-state index contributed by atoms with van der Waals surface area (Å²) in [5.74, 6) is 0. The Kier molecular flexibility index (Phi) is 5.25. The van der Waals surface area contributed by atoms with E-state index in [1.54, 1.807) is 11.3 Å². The topological polar surface area (TPSA) is 32.5 Å². The predicted octanol–water partition coefficient (Wildman–Crippen LogP) is 1.87. The predicted molar refractivity (Wildman–Crippen MR) is 74.7 cm³/mol. The summed E-state index contributed by atoms with van der Waals surface area (Å²) in [4.78, 5) is 6.37. The number of thiophene rings is 1. The Morgan fingerprint density at radius 2 is 1.88 bits per heavy atom. The van der Waals surface area contributed by atoms with E-state index in [4.69, 9.17) is 17.3 Å². The second-order valence-electron chi connectivity index (χ2n) is 4.47. The van der Waals surface area contributed by atoms with Crippen molar-refractivity contribution in [2.75, 3.05) is 39.3 Å². The zero-order valence-corrected chi connectivity index (χ0v) is 11.6. The Balaban J connectivity index is 1.72. The highest BCUT2D eigenvalue weighted by molar-refractivity contribution is 7.16. The van der Waals surface area contributed by atoms with Crippen molar-refractivity contribution in [3.63, 3.8) is 0 Å². The normalized spacial score (nSPS) is 18.7. The van der Waals surface area contributed by atoms with E-state index in [1.807, 2.05) is 6.07 Å². The third-order valence-corrected chi connectivity index (χ3v) is 4.37. The molecule has 5 heteroatoms. The van der Waals surface area contributed by atoms with Crippen LogP contribution in [0.25, 0.3) is 0 Å². The number of rotatable bonds is 5. The zero-order chi connectivity index (χ0) is 12.1. The van der Waals surface area contributed by atoms with Gasteiger partial charge in [0.25, 0.3) is 0 Å². The van der Waals surface area contributed by atoms with Crippen LogP contribution >= 0.6 is 22.9 Å². The Morgan fingerprint density at radius 1 is 1.18 bits per heavy atom. The number of nitrogens with zero attached hydrogens (tertiary/aromatic N) is 2. The molecule has 0 radical (unpaired) electrons. The number of nitrogens with two attached hydrogens (primary N) is 1. The lowest BCUT2D eigenvalue weighted by atomic mass is 10.3. The third-order valence-electron chi connectivity index (χ3n) is 3.15. The molecule has 1 aliphatic heterocycles. The molecule has 1 aliphatic rings. The minimum atomic E-state index is 0.800. The van der Waals surface area contributed by atoms with E-state index >= 15 is 0 Å². The van der Waals surface area contributed by atoms with Gasteiger partial charge in [-0.05, 0) is 31.6 Å². The molecule has 3 nitrogen and oxygen atoms in total. The Morgan fingerprint density at radius 3 is 2.47 bits per heavy atom. The molecule has 2 heterocycles. The Bertz CT molecular complexity index is 334. The Labute approximate surface area is 112 Å². The first-order valence-corrected chi connectivity index (χ1v) is 7.36. The van der Waals surface area contributed by atoms with E-state index in [2.05, 4.69) is 15.9 Å². The van der Waals surface area contributed by atoms with Crippen molar-refractivity contribution in [1.29, 1.82) is 0 Å². The minimum Gasteiger partial charge on any atom is -0.330 e. The molecule has 1 aromatic rings. The van der Waals surface area contributed by atoms with E-state index in [9.17, 15) is 0 Å². The summed E-state index contributed by atoms with van der Waals surface area (Å²) in [7, 11) is 0. The fourth-order valence-electron chi connectivity index (χ4n) is 2.14. The first kappa shape index (κ1) is 13.3. The maximum absolute atomic E-state index is 5.94. The summed E-state index contributed by atoms with van der Waals surface area (Å²) in [5.41, 5.74) is 5.53. The molecule has 0 amide bonds. The van der Waals surface area contributed by atoms with Crippen LogP contribution in [0.1, 0.15) is 11.3 Å². The Hall–Kier alpha value is -0.130. The quantitative estimate of drug-likeness (QED) is 0.889.